The van der Waals surface area contributed by atoms with Gasteiger partial charge in [0.05, 0.1) is 5.41 Å². The number of nitrogens with one attached hydrogen (secondary N) is 1. The Labute approximate surface area is 263 Å². The Kier molecular flexibility index (Phi) is 5.08. The highest BCUT2D eigenvalue weighted by Gasteiger charge is 2.50. The van der Waals surface area contributed by atoms with Gasteiger partial charge in [0.2, 0.25) is 0 Å². The molecule has 206 valence electrons. The molecule has 0 amide bonds. The molecule has 1 aliphatic heterocycles. The third kappa shape index (κ3) is 3.31. The second-order valence-electron chi connectivity index (χ2n) is 11.8. The number of hydrogen-bond donors (Lipinski definition) is 1. The summed E-state index contributed by atoms with van der Waals surface area (Å²) in [5, 5.41) is 8.95. The van der Waals surface area contributed by atoms with E-state index < -0.39 is 0 Å². The second kappa shape index (κ2) is 9.09. The first-order valence-electron chi connectivity index (χ1n) is 15.0. The molecule has 0 bridgehead atoms. The van der Waals surface area contributed by atoms with Gasteiger partial charge in [-0.2, -0.15) is 0 Å². The van der Waals surface area contributed by atoms with Gasteiger partial charge >= 0.3 is 0 Å². The van der Waals surface area contributed by atoms with Gasteiger partial charge in [-0.05, 0) is 92.7 Å². The molecule has 44 heavy (non-hydrogen) atoms. The zero-order valence-electron chi connectivity index (χ0n) is 23.7. The van der Waals surface area contributed by atoms with E-state index in [2.05, 4.69) is 151 Å². The Morgan fingerprint density at radius 2 is 1.05 bits per heavy atom. The smallest absolute Gasteiger partial charge is 0.0735 e. The maximum atomic E-state index is 3.76. The first-order chi connectivity index (χ1) is 21.8. The number of hydrogen-bond acceptors (Lipinski definition) is 3. The molecule has 0 atom stereocenters. The third-order valence-electron chi connectivity index (χ3n) is 9.48. The van der Waals surface area contributed by atoms with Crippen LogP contribution >= 0.6 is 23.1 Å². The summed E-state index contributed by atoms with van der Waals surface area (Å²) in [5.41, 5.74) is 9.98. The molecule has 2 aliphatic rings. The molecule has 0 fully saturated rings. The number of thiophene rings is 1. The fraction of sp³-hybridized carbons (Fsp3) is 0.0244. The highest BCUT2D eigenvalue weighted by Crippen LogP contribution is 2.62. The lowest BCUT2D eigenvalue weighted by molar-refractivity contribution is 0.724. The van der Waals surface area contributed by atoms with Gasteiger partial charge < -0.3 is 5.32 Å². The van der Waals surface area contributed by atoms with E-state index in [1.54, 1.807) is 0 Å². The first-order valence-corrected chi connectivity index (χ1v) is 16.6. The summed E-state index contributed by atoms with van der Waals surface area (Å²) in [7, 11) is 0. The van der Waals surface area contributed by atoms with Crippen LogP contribution in [0.1, 0.15) is 22.3 Å². The van der Waals surface area contributed by atoms with E-state index >= 15 is 0 Å². The minimum absolute atomic E-state index is 0.375. The monoisotopic (exact) mass is 595 g/mol. The highest BCUT2D eigenvalue weighted by molar-refractivity contribution is 7.99. The molecule has 10 rings (SSSR count). The Bertz CT molecular complexity index is 2420. The lowest BCUT2D eigenvalue weighted by Crippen LogP contribution is -2.32. The fourth-order valence-electron chi connectivity index (χ4n) is 7.64. The van der Waals surface area contributed by atoms with Crippen molar-refractivity contribution in [2.75, 3.05) is 5.32 Å². The van der Waals surface area contributed by atoms with Crippen LogP contribution < -0.4 is 5.32 Å². The van der Waals surface area contributed by atoms with Crippen molar-refractivity contribution in [1.82, 2.24) is 0 Å². The molecule has 0 saturated heterocycles. The van der Waals surface area contributed by atoms with Crippen LogP contribution in [0.3, 0.4) is 0 Å². The Balaban J connectivity index is 1.19. The highest BCUT2D eigenvalue weighted by atomic mass is 32.2. The fourth-order valence-corrected chi connectivity index (χ4v) is 9.99. The van der Waals surface area contributed by atoms with Crippen molar-refractivity contribution in [3.05, 3.63) is 168 Å². The van der Waals surface area contributed by atoms with E-state index in [0.29, 0.717) is 0 Å². The molecule has 2 heterocycles. The van der Waals surface area contributed by atoms with Gasteiger partial charge in [-0.15, -0.1) is 11.3 Å². The van der Waals surface area contributed by atoms with Crippen LogP contribution in [0.2, 0.25) is 0 Å². The van der Waals surface area contributed by atoms with Crippen LogP contribution in [0.5, 0.6) is 0 Å². The number of fused-ring (bicyclic) bond motifs is 13. The van der Waals surface area contributed by atoms with Crippen LogP contribution in [0.25, 0.3) is 42.1 Å². The van der Waals surface area contributed by atoms with E-state index in [-0.39, 0.29) is 5.41 Å². The molecule has 3 heteroatoms. The zero-order valence-corrected chi connectivity index (χ0v) is 25.3. The van der Waals surface area contributed by atoms with Crippen LogP contribution in [-0.2, 0) is 5.41 Å². The molecule has 8 aromatic rings. The molecule has 1 N–H and O–H groups in total. The molecule has 0 saturated carbocycles. The molecular weight excluding hydrogens is 571 g/mol. The van der Waals surface area contributed by atoms with Crippen molar-refractivity contribution in [3.8, 4) is 11.1 Å². The maximum absolute atomic E-state index is 3.76. The molecule has 1 nitrogen and oxygen atoms in total. The van der Waals surface area contributed by atoms with Gasteiger partial charge in [0.1, 0.15) is 0 Å². The number of anilines is 2. The molecule has 1 aromatic heterocycles. The van der Waals surface area contributed by atoms with Crippen molar-refractivity contribution in [2.24, 2.45) is 0 Å². The van der Waals surface area contributed by atoms with Crippen LogP contribution in [-0.4, -0.2) is 0 Å². The summed E-state index contributed by atoms with van der Waals surface area (Å²) >= 11 is 3.76. The number of rotatable bonds is 2. The normalized spacial score (nSPS) is 14.0. The Morgan fingerprint density at radius 1 is 0.432 bits per heavy atom. The van der Waals surface area contributed by atoms with Crippen LogP contribution in [0, 0.1) is 0 Å². The maximum Gasteiger partial charge on any atom is 0.0735 e. The van der Waals surface area contributed by atoms with E-state index in [1.807, 2.05) is 23.1 Å². The summed E-state index contributed by atoms with van der Waals surface area (Å²) < 4.78 is 2.65. The summed E-state index contributed by atoms with van der Waals surface area (Å²) in [5.74, 6) is 0. The molecule has 1 aliphatic carbocycles. The Morgan fingerprint density at radius 3 is 1.86 bits per heavy atom. The topological polar surface area (TPSA) is 12.0 Å². The molecular formula is C41H25NS2. The predicted octanol–water partition coefficient (Wildman–Crippen LogP) is 11.8. The van der Waals surface area contributed by atoms with Gasteiger partial charge in [-0.3, -0.25) is 0 Å². The minimum Gasteiger partial charge on any atom is -0.355 e. The average molecular weight is 596 g/mol. The summed E-state index contributed by atoms with van der Waals surface area (Å²) in [6.07, 6.45) is 0. The lowest BCUT2D eigenvalue weighted by Gasteiger charge is -2.40. The number of benzene rings is 7. The zero-order chi connectivity index (χ0) is 28.8. The van der Waals surface area contributed by atoms with Crippen molar-refractivity contribution < 1.29 is 0 Å². The molecule has 0 unspecified atom stereocenters. The van der Waals surface area contributed by atoms with Crippen LogP contribution in [0.15, 0.2) is 155 Å². The van der Waals surface area contributed by atoms with Crippen molar-refractivity contribution in [1.29, 1.82) is 0 Å². The SMILES string of the molecule is c1ccc2c(c1)-c1ccccc1C21c2ccc(Nc3ccc4sc5ccccc5c4c3)cc2Sc2cc3ccccc3cc21. The summed E-state index contributed by atoms with van der Waals surface area (Å²) in [6, 6.07) is 54.1. The summed E-state index contributed by atoms with van der Waals surface area (Å²) in [4.78, 5) is 2.62. The minimum atomic E-state index is -0.375. The lowest BCUT2D eigenvalue weighted by atomic mass is 9.67. The van der Waals surface area contributed by atoms with Crippen LogP contribution in [0.4, 0.5) is 11.4 Å². The van der Waals surface area contributed by atoms with Gasteiger partial charge in [-0.1, -0.05) is 109 Å². The average Bonchev–Trinajstić information content (AvgIpc) is 3.58. The second-order valence-corrected chi connectivity index (χ2v) is 14.0. The van der Waals surface area contributed by atoms with E-state index in [4.69, 9.17) is 0 Å². The van der Waals surface area contributed by atoms with E-state index in [1.165, 1.54) is 74.1 Å². The van der Waals surface area contributed by atoms with Crippen molar-refractivity contribution in [3.63, 3.8) is 0 Å². The molecule has 1 spiro atoms. The van der Waals surface area contributed by atoms with Gasteiger partial charge in [-0.25, -0.2) is 0 Å². The largest absolute Gasteiger partial charge is 0.355 e. The van der Waals surface area contributed by atoms with E-state index in [0.717, 1.165) is 11.4 Å². The van der Waals surface area contributed by atoms with E-state index in [9.17, 15) is 0 Å². The van der Waals surface area contributed by atoms with Crippen molar-refractivity contribution >= 4 is 65.4 Å². The molecule has 7 aromatic carbocycles. The third-order valence-corrected chi connectivity index (χ3v) is 11.7. The standard InChI is InChI=1S/C41H25NS2/c1-2-10-26-22-39-36(21-25(26)9-1)41(33-14-6-3-11-29(33)30-12-4-7-15-34(30)41)35-19-17-28(24-40(35)44-39)42-27-18-20-38-32(23-27)31-13-5-8-16-37(31)43-38/h1-24,42H. The first kappa shape index (κ1) is 24.6. The molecule has 0 radical (unpaired) electrons. The predicted molar refractivity (Wildman–Crippen MR) is 188 cm³/mol. The quantitative estimate of drug-likeness (QED) is 0.213. The van der Waals surface area contributed by atoms with Gasteiger partial charge in [0, 0.05) is 41.3 Å². The Hall–Kier alpha value is -4.83. The van der Waals surface area contributed by atoms with Gasteiger partial charge in [0.15, 0.2) is 0 Å². The van der Waals surface area contributed by atoms with Gasteiger partial charge in [0.25, 0.3) is 0 Å². The van der Waals surface area contributed by atoms with Crippen molar-refractivity contribution in [2.45, 2.75) is 15.2 Å². The summed E-state index contributed by atoms with van der Waals surface area (Å²) in [6.45, 7) is 0.